The molecule has 0 spiro atoms. The first-order chi connectivity index (χ1) is 9.97. The summed E-state index contributed by atoms with van der Waals surface area (Å²) in [6.45, 7) is 5.82. The second kappa shape index (κ2) is 4.86. The predicted molar refractivity (Wildman–Crippen MR) is 82.0 cm³/mol. The fraction of sp³-hybridized carbons (Fsp3) is 0.529. The minimum atomic E-state index is -0.744. The Morgan fingerprint density at radius 1 is 1.33 bits per heavy atom. The molecular formula is C17H22N2O2. The molecule has 1 heterocycles. The largest absolute Gasteiger partial charge is 0.340 e. The monoisotopic (exact) mass is 286 g/mol. The number of nitrogens with one attached hydrogen (secondary N) is 1. The van der Waals surface area contributed by atoms with E-state index in [9.17, 15) is 9.59 Å². The van der Waals surface area contributed by atoms with Crippen molar-refractivity contribution in [2.75, 3.05) is 4.90 Å². The number of carbonyl (C=O) groups is 2. The second-order valence-electron chi connectivity index (χ2n) is 6.40. The summed E-state index contributed by atoms with van der Waals surface area (Å²) in [7, 11) is 0. The Morgan fingerprint density at radius 2 is 2.05 bits per heavy atom. The van der Waals surface area contributed by atoms with Crippen molar-refractivity contribution < 1.29 is 9.59 Å². The first-order valence-corrected chi connectivity index (χ1v) is 7.69. The van der Waals surface area contributed by atoms with Gasteiger partial charge in [-0.1, -0.05) is 19.1 Å². The molecular weight excluding hydrogens is 264 g/mol. The third kappa shape index (κ3) is 2.23. The molecule has 0 bridgehead atoms. The SMILES string of the molecule is CCC1C(=O)NC(C)(C2CC2)C(=O)N1c1cccc(C)c1. The molecule has 1 aliphatic carbocycles. The van der Waals surface area contributed by atoms with E-state index >= 15 is 0 Å². The van der Waals surface area contributed by atoms with E-state index in [4.69, 9.17) is 0 Å². The quantitative estimate of drug-likeness (QED) is 0.927. The topological polar surface area (TPSA) is 49.4 Å². The van der Waals surface area contributed by atoms with Crippen LogP contribution in [0.4, 0.5) is 5.69 Å². The van der Waals surface area contributed by atoms with Crippen molar-refractivity contribution in [1.29, 1.82) is 0 Å². The summed E-state index contributed by atoms with van der Waals surface area (Å²) < 4.78 is 0. The first-order valence-electron chi connectivity index (χ1n) is 7.69. The van der Waals surface area contributed by atoms with Crippen LogP contribution in [0.1, 0.15) is 38.7 Å². The summed E-state index contributed by atoms with van der Waals surface area (Å²) in [4.78, 5) is 27.3. The van der Waals surface area contributed by atoms with Crippen LogP contribution in [0.3, 0.4) is 0 Å². The van der Waals surface area contributed by atoms with Crippen LogP contribution in [0, 0.1) is 12.8 Å². The van der Waals surface area contributed by atoms with Crippen molar-refractivity contribution in [3.05, 3.63) is 29.8 Å². The van der Waals surface area contributed by atoms with E-state index in [0.717, 1.165) is 24.1 Å². The summed E-state index contributed by atoms with van der Waals surface area (Å²) in [5.41, 5.74) is 1.18. The van der Waals surface area contributed by atoms with Crippen molar-refractivity contribution in [2.24, 2.45) is 5.92 Å². The van der Waals surface area contributed by atoms with Gasteiger partial charge in [0.25, 0.3) is 5.91 Å². The van der Waals surface area contributed by atoms with Gasteiger partial charge >= 0.3 is 0 Å². The lowest BCUT2D eigenvalue weighted by atomic mass is 9.88. The maximum atomic E-state index is 13.1. The number of rotatable bonds is 3. The second-order valence-corrected chi connectivity index (χ2v) is 6.40. The van der Waals surface area contributed by atoms with Gasteiger partial charge in [0.2, 0.25) is 5.91 Å². The van der Waals surface area contributed by atoms with Crippen molar-refractivity contribution >= 4 is 17.5 Å². The van der Waals surface area contributed by atoms with Gasteiger partial charge in [-0.05, 0) is 56.7 Å². The van der Waals surface area contributed by atoms with Crippen LogP contribution in [0.15, 0.2) is 24.3 Å². The average molecular weight is 286 g/mol. The maximum absolute atomic E-state index is 13.1. The van der Waals surface area contributed by atoms with E-state index in [2.05, 4.69) is 5.32 Å². The van der Waals surface area contributed by atoms with Gasteiger partial charge in [-0.15, -0.1) is 0 Å². The minimum Gasteiger partial charge on any atom is -0.340 e. The molecule has 1 aliphatic heterocycles. The molecule has 2 unspecified atom stereocenters. The Hall–Kier alpha value is -1.84. The van der Waals surface area contributed by atoms with Gasteiger partial charge < -0.3 is 5.32 Å². The molecule has 2 aliphatic rings. The average Bonchev–Trinajstić information content (AvgIpc) is 3.27. The molecule has 2 fully saturated rings. The smallest absolute Gasteiger partial charge is 0.253 e. The van der Waals surface area contributed by atoms with E-state index < -0.39 is 11.6 Å². The van der Waals surface area contributed by atoms with Gasteiger partial charge in [0.15, 0.2) is 0 Å². The summed E-state index contributed by atoms with van der Waals surface area (Å²) in [5.74, 6) is 0.272. The molecule has 3 rings (SSSR count). The van der Waals surface area contributed by atoms with Crippen LogP contribution in [-0.4, -0.2) is 23.4 Å². The summed E-state index contributed by atoms with van der Waals surface area (Å²) >= 11 is 0. The van der Waals surface area contributed by atoms with Gasteiger partial charge in [-0.3, -0.25) is 14.5 Å². The number of hydrogen-bond donors (Lipinski definition) is 1. The molecule has 0 aromatic heterocycles. The molecule has 112 valence electrons. The van der Waals surface area contributed by atoms with E-state index in [1.165, 1.54) is 0 Å². The lowest BCUT2D eigenvalue weighted by molar-refractivity contribution is -0.138. The number of piperazine rings is 1. The molecule has 4 heteroatoms. The third-order valence-corrected chi connectivity index (χ3v) is 4.72. The molecule has 1 saturated heterocycles. The maximum Gasteiger partial charge on any atom is 0.253 e. The van der Waals surface area contributed by atoms with Crippen molar-refractivity contribution in [3.63, 3.8) is 0 Å². The molecule has 1 N–H and O–H groups in total. The predicted octanol–water partition coefficient (Wildman–Crippen LogP) is 2.41. The summed E-state index contributed by atoms with van der Waals surface area (Å²) in [6.07, 6.45) is 2.65. The molecule has 1 aromatic rings. The molecule has 1 aromatic carbocycles. The van der Waals surface area contributed by atoms with Crippen molar-refractivity contribution in [3.8, 4) is 0 Å². The fourth-order valence-corrected chi connectivity index (χ4v) is 3.28. The van der Waals surface area contributed by atoms with Crippen molar-refractivity contribution in [2.45, 2.75) is 51.6 Å². The number of benzene rings is 1. The van der Waals surface area contributed by atoms with Crippen molar-refractivity contribution in [1.82, 2.24) is 5.32 Å². The van der Waals surface area contributed by atoms with Gasteiger partial charge in [0.1, 0.15) is 11.6 Å². The zero-order chi connectivity index (χ0) is 15.2. The Balaban J connectivity index is 2.04. The normalized spacial score (nSPS) is 29.5. The fourth-order valence-electron chi connectivity index (χ4n) is 3.28. The van der Waals surface area contributed by atoms with Gasteiger partial charge in [-0.25, -0.2) is 0 Å². The number of amides is 2. The zero-order valence-corrected chi connectivity index (χ0v) is 12.8. The number of anilines is 1. The highest BCUT2D eigenvalue weighted by Crippen LogP contribution is 2.43. The van der Waals surface area contributed by atoms with E-state index in [1.807, 2.05) is 45.0 Å². The molecule has 1 saturated carbocycles. The Morgan fingerprint density at radius 3 is 2.62 bits per heavy atom. The number of carbonyl (C=O) groups excluding carboxylic acids is 2. The van der Waals surface area contributed by atoms with E-state index in [1.54, 1.807) is 4.90 Å². The van der Waals surface area contributed by atoms with Gasteiger partial charge in [0, 0.05) is 5.69 Å². The lowest BCUT2D eigenvalue weighted by Gasteiger charge is -2.44. The van der Waals surface area contributed by atoms with E-state index in [0.29, 0.717) is 6.42 Å². The van der Waals surface area contributed by atoms with Crippen LogP contribution >= 0.6 is 0 Å². The molecule has 2 atom stereocenters. The number of nitrogens with zero attached hydrogens (tertiary/aromatic N) is 1. The first kappa shape index (κ1) is 14.1. The molecule has 4 nitrogen and oxygen atoms in total. The van der Waals surface area contributed by atoms with Gasteiger partial charge in [0.05, 0.1) is 0 Å². The van der Waals surface area contributed by atoms with Crippen LogP contribution in [0.25, 0.3) is 0 Å². The highest BCUT2D eigenvalue weighted by atomic mass is 16.2. The Bertz CT molecular complexity index is 594. The summed E-state index contributed by atoms with van der Waals surface area (Å²) in [5, 5.41) is 2.99. The number of aryl methyl sites for hydroxylation is 1. The highest BCUT2D eigenvalue weighted by molar-refractivity contribution is 6.11. The molecule has 2 amide bonds. The molecule has 0 radical (unpaired) electrons. The van der Waals surface area contributed by atoms with Crippen LogP contribution in [0.2, 0.25) is 0 Å². The van der Waals surface area contributed by atoms with E-state index in [-0.39, 0.29) is 17.7 Å². The highest BCUT2D eigenvalue weighted by Gasteiger charge is 2.55. The van der Waals surface area contributed by atoms with Crippen LogP contribution in [-0.2, 0) is 9.59 Å². The van der Waals surface area contributed by atoms with Gasteiger partial charge in [-0.2, -0.15) is 0 Å². The Kier molecular flexibility index (Phi) is 3.27. The standard InChI is InChI=1S/C17H22N2O2/c1-4-14-15(20)18-17(3,12-8-9-12)16(21)19(14)13-7-5-6-11(2)10-13/h5-7,10,12,14H,4,8-9H2,1-3H3,(H,18,20). The minimum absolute atomic E-state index is 0.0297. The number of hydrogen-bond acceptors (Lipinski definition) is 2. The van der Waals surface area contributed by atoms with Crippen LogP contribution in [0.5, 0.6) is 0 Å². The summed E-state index contributed by atoms with van der Waals surface area (Å²) in [6, 6.07) is 7.42. The molecule has 21 heavy (non-hydrogen) atoms. The zero-order valence-electron chi connectivity index (χ0n) is 12.8. The third-order valence-electron chi connectivity index (χ3n) is 4.72. The van der Waals surface area contributed by atoms with Crippen LogP contribution < -0.4 is 10.2 Å². The lowest BCUT2D eigenvalue weighted by Crippen LogP contribution is -2.70. The Labute approximate surface area is 125 Å².